The van der Waals surface area contributed by atoms with Gasteiger partial charge in [0.2, 0.25) is 5.91 Å². The van der Waals surface area contributed by atoms with E-state index in [2.05, 4.69) is 15.5 Å². The molecule has 2 N–H and O–H groups in total. The highest BCUT2D eigenvalue weighted by Gasteiger charge is 2.24. The smallest absolute Gasteiger partial charge is 0.227 e. The Bertz CT molecular complexity index is 1240. The molecule has 1 aliphatic rings. The van der Waals surface area contributed by atoms with E-state index in [9.17, 15) is 9.90 Å². The summed E-state index contributed by atoms with van der Waals surface area (Å²) >= 11 is 0. The Hall–Kier alpha value is -3.94. The minimum absolute atomic E-state index is 0.139. The lowest BCUT2D eigenvalue weighted by molar-refractivity contribution is -0.131. The SMILES string of the molecule is O=C(Cc1ccccc1)N1CCCC(Nc2ccc3nnc(Cc4ccc(O)cc4)n3n2)C1. The topological polar surface area (TPSA) is 95.7 Å². The molecule has 5 rings (SSSR count). The zero-order valence-electron chi connectivity index (χ0n) is 18.3. The number of rotatable bonds is 6. The average Bonchev–Trinajstić information content (AvgIpc) is 3.23. The number of aromatic hydroxyl groups is 1. The maximum atomic E-state index is 12.8. The summed E-state index contributed by atoms with van der Waals surface area (Å²) in [6.07, 6.45) is 2.93. The maximum absolute atomic E-state index is 12.8. The number of hydrogen-bond acceptors (Lipinski definition) is 6. The summed E-state index contributed by atoms with van der Waals surface area (Å²) in [5.74, 6) is 1.85. The van der Waals surface area contributed by atoms with Gasteiger partial charge in [-0.05, 0) is 48.2 Å². The van der Waals surface area contributed by atoms with Crippen LogP contribution in [0.15, 0.2) is 66.7 Å². The number of hydrogen-bond donors (Lipinski definition) is 2. The van der Waals surface area contributed by atoms with E-state index in [0.29, 0.717) is 25.0 Å². The lowest BCUT2D eigenvalue weighted by Gasteiger charge is -2.33. The van der Waals surface area contributed by atoms with Crippen LogP contribution in [0.2, 0.25) is 0 Å². The van der Waals surface area contributed by atoms with Crippen molar-refractivity contribution < 1.29 is 9.90 Å². The molecule has 168 valence electrons. The van der Waals surface area contributed by atoms with Crippen LogP contribution in [0.5, 0.6) is 5.75 Å². The van der Waals surface area contributed by atoms with Gasteiger partial charge in [-0.15, -0.1) is 15.3 Å². The van der Waals surface area contributed by atoms with Crippen LogP contribution < -0.4 is 5.32 Å². The number of fused-ring (bicyclic) bond motifs is 1. The van der Waals surface area contributed by atoms with Crippen LogP contribution in [0.3, 0.4) is 0 Å². The van der Waals surface area contributed by atoms with Gasteiger partial charge >= 0.3 is 0 Å². The van der Waals surface area contributed by atoms with Crippen LogP contribution in [0.1, 0.15) is 29.8 Å². The van der Waals surface area contributed by atoms with Gasteiger partial charge in [-0.1, -0.05) is 42.5 Å². The molecule has 4 aromatic rings. The second-order valence-corrected chi connectivity index (χ2v) is 8.43. The average molecular weight is 443 g/mol. The van der Waals surface area contributed by atoms with Crippen molar-refractivity contribution in [3.63, 3.8) is 0 Å². The van der Waals surface area contributed by atoms with Crippen molar-refractivity contribution in [2.24, 2.45) is 0 Å². The second-order valence-electron chi connectivity index (χ2n) is 8.43. The largest absolute Gasteiger partial charge is 0.508 e. The van der Waals surface area contributed by atoms with Gasteiger partial charge in [-0.25, -0.2) is 0 Å². The quantitative estimate of drug-likeness (QED) is 0.477. The van der Waals surface area contributed by atoms with Gasteiger partial charge in [0, 0.05) is 25.6 Å². The Labute approximate surface area is 191 Å². The number of aromatic nitrogens is 4. The van der Waals surface area contributed by atoms with Gasteiger partial charge in [-0.3, -0.25) is 4.79 Å². The molecule has 1 aliphatic heterocycles. The third kappa shape index (κ3) is 4.95. The highest BCUT2D eigenvalue weighted by molar-refractivity contribution is 5.79. The van der Waals surface area contributed by atoms with Crippen LogP contribution in [-0.4, -0.2) is 54.9 Å². The van der Waals surface area contributed by atoms with Crippen LogP contribution in [-0.2, 0) is 17.6 Å². The van der Waals surface area contributed by atoms with E-state index in [1.54, 1.807) is 16.6 Å². The molecule has 1 atom stereocenters. The lowest BCUT2D eigenvalue weighted by atomic mass is 10.0. The number of phenols is 1. The number of likely N-dealkylation sites (tertiary alicyclic amines) is 1. The Kier molecular flexibility index (Phi) is 5.89. The second kappa shape index (κ2) is 9.28. The molecule has 2 aromatic heterocycles. The van der Waals surface area contributed by atoms with Crippen molar-refractivity contribution in [2.45, 2.75) is 31.7 Å². The van der Waals surface area contributed by atoms with Crippen molar-refractivity contribution in [1.82, 2.24) is 24.7 Å². The third-order valence-corrected chi connectivity index (χ3v) is 5.95. The summed E-state index contributed by atoms with van der Waals surface area (Å²) in [7, 11) is 0. The molecule has 3 heterocycles. The molecule has 2 aromatic carbocycles. The van der Waals surface area contributed by atoms with Gasteiger partial charge in [0.15, 0.2) is 11.5 Å². The predicted molar refractivity (Wildman–Crippen MR) is 125 cm³/mol. The number of amides is 1. The lowest BCUT2D eigenvalue weighted by Crippen LogP contribution is -2.45. The Morgan fingerprint density at radius 3 is 2.64 bits per heavy atom. The first kappa shape index (κ1) is 20.9. The minimum Gasteiger partial charge on any atom is -0.508 e. The maximum Gasteiger partial charge on any atom is 0.227 e. The highest BCUT2D eigenvalue weighted by Crippen LogP contribution is 2.18. The van der Waals surface area contributed by atoms with E-state index < -0.39 is 0 Å². The predicted octanol–water partition coefficient (Wildman–Crippen LogP) is 3.07. The summed E-state index contributed by atoms with van der Waals surface area (Å²) in [6, 6.07) is 20.9. The fraction of sp³-hybridized carbons (Fsp3) is 0.280. The molecule has 1 fully saturated rings. The molecule has 1 saturated heterocycles. The number of nitrogens with one attached hydrogen (secondary N) is 1. The van der Waals surface area contributed by atoms with Gasteiger partial charge < -0.3 is 15.3 Å². The Morgan fingerprint density at radius 1 is 1.00 bits per heavy atom. The number of benzene rings is 2. The molecule has 0 radical (unpaired) electrons. The van der Waals surface area contributed by atoms with Crippen LogP contribution in [0.4, 0.5) is 5.82 Å². The van der Waals surface area contributed by atoms with Crippen molar-refractivity contribution in [1.29, 1.82) is 0 Å². The molecule has 1 amide bonds. The first-order valence-electron chi connectivity index (χ1n) is 11.2. The molecular weight excluding hydrogens is 416 g/mol. The molecule has 0 aliphatic carbocycles. The first-order chi connectivity index (χ1) is 16.1. The van der Waals surface area contributed by atoms with Crippen molar-refractivity contribution in [3.05, 3.63) is 83.7 Å². The summed E-state index contributed by atoms with van der Waals surface area (Å²) < 4.78 is 1.75. The summed E-state index contributed by atoms with van der Waals surface area (Å²) in [4.78, 5) is 14.7. The molecule has 0 bridgehead atoms. The molecule has 8 nitrogen and oxygen atoms in total. The summed E-state index contributed by atoms with van der Waals surface area (Å²) in [5.41, 5.74) is 2.73. The van der Waals surface area contributed by atoms with E-state index in [1.165, 1.54) is 0 Å². The molecule has 33 heavy (non-hydrogen) atoms. The van der Waals surface area contributed by atoms with E-state index in [-0.39, 0.29) is 17.7 Å². The Balaban J connectivity index is 1.26. The molecular formula is C25H26N6O2. The van der Waals surface area contributed by atoms with E-state index in [0.717, 1.165) is 42.2 Å². The standard InChI is InChI=1S/C25H26N6O2/c32-21-10-8-19(9-11-21)15-24-28-27-23-13-12-22(29-31(23)24)26-20-7-4-14-30(17-20)25(33)16-18-5-2-1-3-6-18/h1-3,5-6,8-13,20,32H,4,7,14-17H2,(H,26,29). The van der Waals surface area contributed by atoms with Crippen molar-refractivity contribution >= 4 is 17.4 Å². The van der Waals surface area contributed by atoms with Crippen molar-refractivity contribution in [2.75, 3.05) is 18.4 Å². The fourth-order valence-corrected chi connectivity index (χ4v) is 4.23. The molecule has 0 saturated carbocycles. The molecule has 8 heteroatoms. The summed E-state index contributed by atoms with van der Waals surface area (Å²) in [6.45, 7) is 1.45. The van der Waals surface area contributed by atoms with Crippen LogP contribution in [0.25, 0.3) is 5.65 Å². The third-order valence-electron chi connectivity index (χ3n) is 5.95. The zero-order chi connectivity index (χ0) is 22.6. The van der Waals surface area contributed by atoms with Gasteiger partial charge in [0.05, 0.1) is 6.42 Å². The fourth-order valence-electron chi connectivity index (χ4n) is 4.23. The van der Waals surface area contributed by atoms with Gasteiger partial charge in [-0.2, -0.15) is 4.52 Å². The zero-order valence-corrected chi connectivity index (χ0v) is 18.3. The van der Waals surface area contributed by atoms with Crippen LogP contribution in [0, 0.1) is 0 Å². The number of carbonyl (C=O) groups is 1. The highest BCUT2D eigenvalue weighted by atomic mass is 16.3. The number of phenolic OH excluding ortho intramolecular Hbond substituents is 1. The summed E-state index contributed by atoms with van der Waals surface area (Å²) in [5, 5.41) is 26.2. The van der Waals surface area contributed by atoms with Gasteiger partial charge in [0.1, 0.15) is 11.6 Å². The van der Waals surface area contributed by atoms with E-state index in [1.807, 2.05) is 59.5 Å². The first-order valence-corrected chi connectivity index (χ1v) is 11.2. The number of carbonyl (C=O) groups excluding carboxylic acids is 1. The monoisotopic (exact) mass is 442 g/mol. The van der Waals surface area contributed by atoms with E-state index in [4.69, 9.17) is 5.10 Å². The number of anilines is 1. The minimum atomic E-state index is 0.139. The Morgan fingerprint density at radius 2 is 1.82 bits per heavy atom. The van der Waals surface area contributed by atoms with Crippen LogP contribution >= 0.6 is 0 Å². The number of piperidine rings is 1. The van der Waals surface area contributed by atoms with E-state index >= 15 is 0 Å². The van der Waals surface area contributed by atoms with Gasteiger partial charge in [0.25, 0.3) is 0 Å². The normalized spacial score (nSPS) is 16.1. The number of nitrogens with zero attached hydrogens (tertiary/aromatic N) is 5. The molecule has 0 spiro atoms. The molecule has 1 unspecified atom stereocenters. The van der Waals surface area contributed by atoms with Crippen molar-refractivity contribution in [3.8, 4) is 5.75 Å².